The van der Waals surface area contributed by atoms with Crippen molar-refractivity contribution >= 4 is 42.7 Å². The van der Waals surface area contributed by atoms with Gasteiger partial charge in [0.1, 0.15) is 5.25 Å². The molecule has 0 spiro atoms. The van der Waals surface area contributed by atoms with Crippen LogP contribution in [0.5, 0.6) is 0 Å². The van der Waals surface area contributed by atoms with E-state index in [9.17, 15) is 14.4 Å². The zero-order valence-corrected chi connectivity index (χ0v) is 13.4. The average molecular weight is 364 g/mol. The van der Waals surface area contributed by atoms with Crippen molar-refractivity contribution in [1.29, 1.82) is 0 Å². The molecular weight excluding hydrogens is 346 g/mol. The second-order valence-corrected chi connectivity index (χ2v) is 7.22. The van der Waals surface area contributed by atoms with Crippen LogP contribution in [0.4, 0.5) is 0 Å². The Bertz CT molecular complexity index is 413. The van der Waals surface area contributed by atoms with Crippen molar-refractivity contribution < 1.29 is 14.4 Å². The molecule has 112 valence electrons. The summed E-state index contributed by atoms with van der Waals surface area (Å²) < 4.78 is 0. The molecular formula is C12H18BrN3O3S. The lowest BCUT2D eigenvalue weighted by Gasteiger charge is -2.29. The van der Waals surface area contributed by atoms with E-state index in [4.69, 9.17) is 5.84 Å². The van der Waals surface area contributed by atoms with E-state index in [0.29, 0.717) is 12.5 Å². The van der Waals surface area contributed by atoms with E-state index in [-0.39, 0.29) is 35.3 Å². The van der Waals surface area contributed by atoms with E-state index >= 15 is 0 Å². The zero-order chi connectivity index (χ0) is 14.7. The van der Waals surface area contributed by atoms with Gasteiger partial charge in [-0.1, -0.05) is 10.2 Å². The van der Waals surface area contributed by atoms with Crippen LogP contribution in [0.25, 0.3) is 0 Å². The summed E-state index contributed by atoms with van der Waals surface area (Å²) in [4.78, 5) is 36.7. The highest BCUT2D eigenvalue weighted by Gasteiger charge is 2.40. The molecule has 1 unspecified atom stereocenters. The van der Waals surface area contributed by atoms with Gasteiger partial charge < -0.3 is 0 Å². The van der Waals surface area contributed by atoms with Crippen molar-refractivity contribution in [2.45, 2.75) is 37.4 Å². The van der Waals surface area contributed by atoms with Crippen LogP contribution >= 0.6 is 25.0 Å². The fourth-order valence-electron chi connectivity index (χ4n) is 2.90. The second-order valence-electron chi connectivity index (χ2n) is 5.35. The quantitative estimate of drug-likeness (QED) is 0.335. The summed E-state index contributed by atoms with van der Waals surface area (Å²) >= 11 is 3.19. The van der Waals surface area contributed by atoms with E-state index in [1.54, 1.807) is 0 Å². The maximum Gasteiger partial charge on any atom is 0.243 e. The maximum atomic E-state index is 12.0. The summed E-state index contributed by atoms with van der Waals surface area (Å²) in [7, 11) is 1.25. The van der Waals surface area contributed by atoms with Crippen molar-refractivity contribution in [3.8, 4) is 0 Å². The minimum atomic E-state index is -0.290. The third-order valence-corrected chi connectivity index (χ3v) is 6.05. The standard InChI is InChI=1S/C12H18BrN3O3S/c13-20-9-5-10(17)16(12(9)19)6-7-1-3-8(4-2-7)11(18)15-14/h7-9H,1-6,14H2,(H,15,18). The molecule has 1 aliphatic carbocycles. The molecule has 1 heterocycles. The van der Waals surface area contributed by atoms with E-state index in [1.807, 2.05) is 0 Å². The van der Waals surface area contributed by atoms with Gasteiger partial charge in [0.25, 0.3) is 0 Å². The molecule has 6 nitrogen and oxygen atoms in total. The summed E-state index contributed by atoms with van der Waals surface area (Å²) in [6.07, 6.45) is 3.50. The van der Waals surface area contributed by atoms with E-state index < -0.39 is 0 Å². The van der Waals surface area contributed by atoms with Gasteiger partial charge in [-0.25, -0.2) is 5.84 Å². The molecule has 1 aliphatic heterocycles. The van der Waals surface area contributed by atoms with Crippen LogP contribution in [-0.2, 0) is 14.4 Å². The SMILES string of the molecule is NNC(=O)C1CCC(CN2C(=O)CC(SBr)C2=O)CC1. The molecule has 0 aromatic rings. The summed E-state index contributed by atoms with van der Waals surface area (Å²) in [5, 5.41) is -0.290. The number of nitrogens with zero attached hydrogens (tertiary/aromatic N) is 1. The van der Waals surface area contributed by atoms with Gasteiger partial charge in [-0.15, -0.1) is 0 Å². The minimum Gasteiger partial charge on any atom is -0.294 e. The highest BCUT2D eigenvalue weighted by molar-refractivity contribution is 9.50. The molecule has 2 rings (SSSR count). The lowest BCUT2D eigenvalue weighted by atomic mass is 9.81. The molecule has 1 atom stereocenters. The van der Waals surface area contributed by atoms with Gasteiger partial charge in [-0.05, 0) is 46.4 Å². The van der Waals surface area contributed by atoms with Gasteiger partial charge in [0.05, 0.1) is 0 Å². The van der Waals surface area contributed by atoms with Gasteiger partial charge in [0, 0.05) is 18.9 Å². The lowest BCUT2D eigenvalue weighted by molar-refractivity contribution is -0.139. The van der Waals surface area contributed by atoms with Crippen molar-refractivity contribution in [2.24, 2.45) is 17.7 Å². The molecule has 3 amide bonds. The van der Waals surface area contributed by atoms with Crippen LogP contribution in [-0.4, -0.2) is 34.4 Å². The Morgan fingerprint density at radius 1 is 1.35 bits per heavy atom. The Labute approximate surface area is 129 Å². The monoisotopic (exact) mass is 363 g/mol. The van der Waals surface area contributed by atoms with Gasteiger partial charge >= 0.3 is 0 Å². The summed E-state index contributed by atoms with van der Waals surface area (Å²) in [6, 6.07) is 0. The van der Waals surface area contributed by atoms with Crippen molar-refractivity contribution in [3.05, 3.63) is 0 Å². The molecule has 8 heteroatoms. The van der Waals surface area contributed by atoms with E-state index in [2.05, 4.69) is 20.2 Å². The van der Waals surface area contributed by atoms with Gasteiger partial charge in [-0.3, -0.25) is 24.7 Å². The number of imide groups is 1. The summed E-state index contributed by atoms with van der Waals surface area (Å²) in [5.74, 6) is 5.09. The fourth-order valence-corrected chi connectivity index (χ4v) is 4.18. The first kappa shape index (κ1) is 15.8. The molecule has 1 saturated carbocycles. The Kier molecular flexibility index (Phi) is 5.45. The first-order valence-corrected chi connectivity index (χ1v) is 9.41. The molecule has 0 radical (unpaired) electrons. The highest BCUT2D eigenvalue weighted by atomic mass is 79.9. The number of rotatable bonds is 4. The number of likely N-dealkylation sites (tertiary alicyclic amines) is 1. The molecule has 3 N–H and O–H groups in total. The third kappa shape index (κ3) is 3.35. The molecule has 0 aromatic heterocycles. The molecule has 0 bridgehead atoms. The number of carbonyl (C=O) groups is 3. The zero-order valence-electron chi connectivity index (χ0n) is 11.0. The van der Waals surface area contributed by atoms with Crippen LogP contribution in [0.3, 0.4) is 0 Å². The first-order valence-electron chi connectivity index (χ1n) is 6.68. The number of hydrogen-bond donors (Lipinski definition) is 2. The van der Waals surface area contributed by atoms with Crippen molar-refractivity contribution in [1.82, 2.24) is 10.3 Å². The fraction of sp³-hybridized carbons (Fsp3) is 0.750. The average Bonchev–Trinajstić information content (AvgIpc) is 2.74. The smallest absolute Gasteiger partial charge is 0.243 e. The number of halogens is 1. The Morgan fingerprint density at radius 3 is 2.50 bits per heavy atom. The van der Waals surface area contributed by atoms with Gasteiger partial charge in [-0.2, -0.15) is 0 Å². The number of nitrogens with two attached hydrogens (primary N) is 1. The number of carbonyl (C=O) groups excluding carboxylic acids is 3. The molecule has 0 aromatic carbocycles. The topological polar surface area (TPSA) is 92.5 Å². The van der Waals surface area contributed by atoms with Crippen LogP contribution in [0.1, 0.15) is 32.1 Å². The van der Waals surface area contributed by atoms with Crippen molar-refractivity contribution in [3.63, 3.8) is 0 Å². The number of nitrogens with one attached hydrogen (secondary N) is 1. The van der Waals surface area contributed by atoms with E-state index in [1.165, 1.54) is 15.1 Å². The van der Waals surface area contributed by atoms with Crippen molar-refractivity contribution in [2.75, 3.05) is 6.54 Å². The lowest BCUT2D eigenvalue weighted by Crippen LogP contribution is -2.40. The largest absolute Gasteiger partial charge is 0.294 e. The van der Waals surface area contributed by atoms with Gasteiger partial charge in [0.2, 0.25) is 17.7 Å². The minimum absolute atomic E-state index is 0.0351. The number of hydrazine groups is 1. The van der Waals surface area contributed by atoms with Crippen LogP contribution in [0.15, 0.2) is 0 Å². The maximum absolute atomic E-state index is 12.0. The molecule has 2 fully saturated rings. The number of amides is 3. The van der Waals surface area contributed by atoms with Gasteiger partial charge in [0.15, 0.2) is 0 Å². The Hall–Kier alpha value is -0.600. The van der Waals surface area contributed by atoms with Crippen LogP contribution in [0, 0.1) is 11.8 Å². The summed E-state index contributed by atoms with van der Waals surface area (Å²) in [5.41, 5.74) is 2.18. The highest BCUT2D eigenvalue weighted by Crippen LogP contribution is 2.33. The number of hydrogen-bond acceptors (Lipinski definition) is 5. The predicted octanol–water partition coefficient (Wildman–Crippen LogP) is 0.953. The predicted molar refractivity (Wildman–Crippen MR) is 79.4 cm³/mol. The first-order chi connectivity index (χ1) is 9.56. The normalized spacial score (nSPS) is 30.7. The Balaban J connectivity index is 1.85. The summed E-state index contributed by atoms with van der Waals surface area (Å²) in [6.45, 7) is 0.485. The second kappa shape index (κ2) is 6.91. The third-order valence-electron chi connectivity index (χ3n) is 4.11. The molecule has 20 heavy (non-hydrogen) atoms. The molecule has 1 saturated heterocycles. The van der Waals surface area contributed by atoms with Crippen LogP contribution < -0.4 is 11.3 Å². The molecule has 2 aliphatic rings. The van der Waals surface area contributed by atoms with E-state index in [0.717, 1.165) is 25.7 Å². The van der Waals surface area contributed by atoms with Crippen LogP contribution in [0.2, 0.25) is 0 Å². The Morgan fingerprint density at radius 2 is 2.00 bits per heavy atom.